The fourth-order valence-electron chi connectivity index (χ4n) is 3.37. The van der Waals surface area contributed by atoms with Crippen molar-refractivity contribution in [1.29, 1.82) is 0 Å². The van der Waals surface area contributed by atoms with Crippen molar-refractivity contribution in [3.05, 3.63) is 40.9 Å². The molecule has 6 heteroatoms. The van der Waals surface area contributed by atoms with E-state index in [-0.39, 0.29) is 11.2 Å². The SMILES string of the molecule is O=C(C=Cc1ccccc1Cl)N1CC(S(=O)(=O)C2CCCCC2)C1. The molecule has 0 bridgehead atoms. The Morgan fingerprint density at radius 3 is 2.42 bits per heavy atom. The number of sulfone groups is 1. The molecule has 0 spiro atoms. The minimum atomic E-state index is -3.10. The molecular weight excluding hydrogens is 346 g/mol. The van der Waals surface area contributed by atoms with Crippen molar-refractivity contribution >= 4 is 33.4 Å². The Morgan fingerprint density at radius 1 is 1.08 bits per heavy atom. The molecule has 1 amide bonds. The minimum Gasteiger partial charge on any atom is -0.336 e. The van der Waals surface area contributed by atoms with Gasteiger partial charge in [0.2, 0.25) is 5.91 Å². The van der Waals surface area contributed by atoms with Crippen LogP contribution in [0.2, 0.25) is 5.02 Å². The van der Waals surface area contributed by atoms with Gasteiger partial charge in [0.15, 0.2) is 9.84 Å². The maximum atomic E-state index is 12.6. The standard InChI is InChI=1S/C18H22ClNO3S/c19-17-9-5-4-6-14(17)10-11-18(21)20-12-16(13-20)24(22,23)15-7-2-1-3-8-15/h4-6,9-11,15-16H,1-3,7-8,12-13H2. The van der Waals surface area contributed by atoms with Crippen LogP contribution in [-0.2, 0) is 14.6 Å². The summed E-state index contributed by atoms with van der Waals surface area (Å²) in [5.74, 6) is -0.162. The summed E-state index contributed by atoms with van der Waals surface area (Å²) in [7, 11) is -3.10. The van der Waals surface area contributed by atoms with Gasteiger partial charge in [0.25, 0.3) is 0 Å². The maximum absolute atomic E-state index is 12.6. The first-order valence-electron chi connectivity index (χ1n) is 8.42. The van der Waals surface area contributed by atoms with Crippen molar-refractivity contribution in [3.8, 4) is 0 Å². The lowest BCUT2D eigenvalue weighted by Crippen LogP contribution is -2.58. The molecule has 1 saturated heterocycles. The van der Waals surface area contributed by atoms with Crippen LogP contribution in [0.4, 0.5) is 0 Å². The van der Waals surface area contributed by atoms with E-state index < -0.39 is 15.1 Å². The van der Waals surface area contributed by atoms with E-state index in [2.05, 4.69) is 0 Å². The van der Waals surface area contributed by atoms with E-state index in [1.54, 1.807) is 17.0 Å². The van der Waals surface area contributed by atoms with Crippen LogP contribution < -0.4 is 0 Å². The lowest BCUT2D eigenvalue weighted by molar-refractivity contribution is -0.128. The number of halogens is 1. The highest BCUT2D eigenvalue weighted by atomic mass is 35.5. The molecule has 0 radical (unpaired) electrons. The minimum absolute atomic E-state index is 0.162. The van der Waals surface area contributed by atoms with Gasteiger partial charge in [-0.3, -0.25) is 4.79 Å². The van der Waals surface area contributed by atoms with Crippen LogP contribution in [-0.4, -0.2) is 42.8 Å². The van der Waals surface area contributed by atoms with Crippen LogP contribution in [0, 0.1) is 0 Å². The van der Waals surface area contributed by atoms with Crippen LogP contribution in [0.5, 0.6) is 0 Å². The number of nitrogens with zero attached hydrogens (tertiary/aromatic N) is 1. The largest absolute Gasteiger partial charge is 0.336 e. The monoisotopic (exact) mass is 367 g/mol. The van der Waals surface area contributed by atoms with E-state index >= 15 is 0 Å². The van der Waals surface area contributed by atoms with Gasteiger partial charge < -0.3 is 4.90 Å². The Labute approximate surface area is 148 Å². The number of amides is 1. The van der Waals surface area contributed by atoms with Gasteiger partial charge in [0.1, 0.15) is 0 Å². The van der Waals surface area contributed by atoms with Crippen molar-refractivity contribution in [2.45, 2.75) is 42.6 Å². The number of hydrogen-bond donors (Lipinski definition) is 0. The first kappa shape index (κ1) is 17.5. The lowest BCUT2D eigenvalue weighted by Gasteiger charge is -2.40. The summed E-state index contributed by atoms with van der Waals surface area (Å²) < 4.78 is 25.2. The second kappa shape index (κ2) is 7.28. The molecule has 4 nitrogen and oxygen atoms in total. The molecule has 1 aromatic rings. The molecular formula is C18H22ClNO3S. The quantitative estimate of drug-likeness (QED) is 0.767. The summed E-state index contributed by atoms with van der Waals surface area (Å²) in [5, 5.41) is -0.00616. The molecule has 0 unspecified atom stereocenters. The second-order valence-corrected chi connectivity index (χ2v) is 9.49. The predicted octanol–water partition coefficient (Wildman–Crippen LogP) is 3.31. The third-order valence-corrected chi connectivity index (χ3v) is 7.92. The normalized spacial score (nSPS) is 20.3. The molecule has 0 N–H and O–H groups in total. The van der Waals surface area contributed by atoms with Gasteiger partial charge in [-0.1, -0.05) is 49.1 Å². The Bertz CT molecular complexity index is 732. The number of hydrogen-bond acceptors (Lipinski definition) is 3. The molecule has 1 saturated carbocycles. The average molecular weight is 368 g/mol. The molecule has 1 heterocycles. The highest BCUT2D eigenvalue weighted by Gasteiger charge is 2.43. The molecule has 130 valence electrons. The molecule has 24 heavy (non-hydrogen) atoms. The predicted molar refractivity (Wildman–Crippen MR) is 96.6 cm³/mol. The number of rotatable bonds is 4. The zero-order valence-electron chi connectivity index (χ0n) is 13.5. The highest BCUT2D eigenvalue weighted by Crippen LogP contribution is 2.30. The molecule has 0 aromatic heterocycles. The van der Waals surface area contributed by atoms with Crippen LogP contribution >= 0.6 is 11.6 Å². The van der Waals surface area contributed by atoms with Crippen LogP contribution in [0.25, 0.3) is 6.08 Å². The van der Waals surface area contributed by atoms with Crippen LogP contribution in [0.3, 0.4) is 0 Å². The first-order valence-corrected chi connectivity index (χ1v) is 10.4. The molecule has 1 aliphatic heterocycles. The summed E-state index contributed by atoms with van der Waals surface area (Å²) >= 11 is 6.05. The fourth-order valence-corrected chi connectivity index (χ4v) is 5.88. The third kappa shape index (κ3) is 3.67. The van der Waals surface area contributed by atoms with Crippen molar-refractivity contribution in [1.82, 2.24) is 4.90 Å². The molecule has 3 rings (SSSR count). The number of carbonyl (C=O) groups is 1. The maximum Gasteiger partial charge on any atom is 0.246 e. The van der Waals surface area contributed by atoms with Crippen LogP contribution in [0.15, 0.2) is 30.3 Å². The van der Waals surface area contributed by atoms with Gasteiger partial charge >= 0.3 is 0 Å². The molecule has 0 atom stereocenters. The van der Waals surface area contributed by atoms with E-state index in [1.807, 2.05) is 18.2 Å². The number of benzene rings is 1. The summed E-state index contributed by atoms with van der Waals surface area (Å²) in [6.07, 6.45) is 7.82. The van der Waals surface area contributed by atoms with E-state index in [0.717, 1.165) is 37.7 Å². The van der Waals surface area contributed by atoms with Crippen molar-refractivity contribution in [2.75, 3.05) is 13.1 Å². The molecule has 1 aliphatic carbocycles. The highest BCUT2D eigenvalue weighted by molar-refractivity contribution is 7.92. The zero-order valence-corrected chi connectivity index (χ0v) is 15.1. The zero-order chi connectivity index (χ0) is 17.2. The van der Waals surface area contributed by atoms with E-state index in [4.69, 9.17) is 11.6 Å². The number of carbonyl (C=O) groups excluding carboxylic acids is 1. The molecule has 2 fully saturated rings. The number of likely N-dealkylation sites (tertiary alicyclic amines) is 1. The van der Waals surface area contributed by atoms with Gasteiger partial charge in [0.05, 0.1) is 10.5 Å². The first-order chi connectivity index (χ1) is 11.5. The van der Waals surface area contributed by atoms with Crippen LogP contribution in [0.1, 0.15) is 37.7 Å². The Hall–Kier alpha value is -1.33. The van der Waals surface area contributed by atoms with Gasteiger partial charge in [-0.25, -0.2) is 8.42 Å². The average Bonchev–Trinajstić information content (AvgIpc) is 2.53. The summed E-state index contributed by atoms with van der Waals surface area (Å²) in [6, 6.07) is 7.28. The summed E-state index contributed by atoms with van der Waals surface area (Å²) in [4.78, 5) is 13.7. The molecule has 2 aliphatic rings. The second-order valence-electron chi connectivity index (χ2n) is 6.57. The van der Waals surface area contributed by atoms with Gasteiger partial charge in [-0.15, -0.1) is 0 Å². The Morgan fingerprint density at radius 2 is 1.75 bits per heavy atom. The van der Waals surface area contributed by atoms with Gasteiger partial charge in [-0.2, -0.15) is 0 Å². The smallest absolute Gasteiger partial charge is 0.246 e. The van der Waals surface area contributed by atoms with E-state index in [0.29, 0.717) is 18.1 Å². The third-order valence-electron chi connectivity index (χ3n) is 4.95. The van der Waals surface area contributed by atoms with Gasteiger partial charge in [0, 0.05) is 24.2 Å². The summed E-state index contributed by atoms with van der Waals surface area (Å²) in [5.41, 5.74) is 0.777. The van der Waals surface area contributed by atoms with Crippen molar-refractivity contribution < 1.29 is 13.2 Å². The topological polar surface area (TPSA) is 54.5 Å². The Kier molecular flexibility index (Phi) is 5.30. The van der Waals surface area contributed by atoms with Gasteiger partial charge in [-0.05, 0) is 30.5 Å². The van der Waals surface area contributed by atoms with Crippen molar-refractivity contribution in [2.24, 2.45) is 0 Å². The van der Waals surface area contributed by atoms with E-state index in [9.17, 15) is 13.2 Å². The summed E-state index contributed by atoms with van der Waals surface area (Å²) in [6.45, 7) is 0.620. The fraction of sp³-hybridized carbons (Fsp3) is 0.500. The van der Waals surface area contributed by atoms with Crippen molar-refractivity contribution in [3.63, 3.8) is 0 Å². The molecule has 1 aromatic carbocycles. The lowest BCUT2D eigenvalue weighted by atomic mass is 10.0. The Balaban J connectivity index is 1.56. The van der Waals surface area contributed by atoms with E-state index in [1.165, 1.54) is 6.08 Å².